The average molecular weight is 274 g/mol. The van der Waals surface area contributed by atoms with Crippen molar-refractivity contribution in [2.45, 2.75) is 5.92 Å². The number of nitrogens with zero attached hydrogens (tertiary/aromatic N) is 2. The van der Waals surface area contributed by atoms with Crippen molar-refractivity contribution < 1.29 is 18.5 Å². The number of Topliss-reactive ketones (excluding diaryl/α,β-unsaturated/α-hetero) is 1. The summed E-state index contributed by atoms with van der Waals surface area (Å²) in [6.45, 7) is 0. The van der Waals surface area contributed by atoms with E-state index >= 15 is 0 Å². The molecule has 0 aliphatic carbocycles. The van der Waals surface area contributed by atoms with E-state index in [-0.39, 0.29) is 11.3 Å². The molecule has 0 radical (unpaired) electrons. The minimum Gasteiger partial charge on any atom is -0.397 e. The number of rotatable bonds is 4. The average Bonchev–Trinajstić information content (AvgIpc) is 2.91. The highest BCUT2D eigenvalue weighted by Gasteiger charge is 2.26. The zero-order valence-corrected chi connectivity index (χ0v) is 9.95. The maximum absolute atomic E-state index is 12.8. The van der Waals surface area contributed by atoms with Crippen LogP contribution in [-0.2, 0) is 0 Å². The fraction of sp³-hybridized carbons (Fsp3) is 0.0769. The van der Waals surface area contributed by atoms with Crippen molar-refractivity contribution in [2.75, 3.05) is 0 Å². The number of carbonyl (C=O) groups excluding carboxylic acids is 1. The van der Waals surface area contributed by atoms with E-state index in [9.17, 15) is 19.3 Å². The van der Waals surface area contributed by atoms with Gasteiger partial charge in [-0.25, -0.2) is 4.39 Å². The summed E-state index contributed by atoms with van der Waals surface area (Å²) in [7, 11) is 0. The van der Waals surface area contributed by atoms with E-state index in [1.807, 2.05) is 0 Å². The normalized spacial score (nSPS) is 11.6. The highest BCUT2D eigenvalue weighted by molar-refractivity contribution is 6.00. The molecular weight excluding hydrogens is 267 g/mol. The lowest BCUT2D eigenvalue weighted by atomic mass is 9.95. The van der Waals surface area contributed by atoms with Crippen LogP contribution in [-0.4, -0.2) is 10.7 Å². The Bertz CT molecular complexity index is 700. The van der Waals surface area contributed by atoms with Gasteiger partial charge in [-0.3, -0.25) is 14.9 Å². The molecule has 0 saturated heterocycles. The van der Waals surface area contributed by atoms with Crippen molar-refractivity contribution in [1.82, 2.24) is 0 Å². The lowest BCUT2D eigenvalue weighted by Crippen LogP contribution is -2.10. The second kappa shape index (κ2) is 5.32. The number of ketones is 1. The van der Waals surface area contributed by atoms with Gasteiger partial charge < -0.3 is 4.42 Å². The third-order valence-corrected chi connectivity index (χ3v) is 2.61. The van der Waals surface area contributed by atoms with Gasteiger partial charge in [0.25, 0.3) is 0 Å². The summed E-state index contributed by atoms with van der Waals surface area (Å²) in [5.74, 6) is -3.28. The molecule has 0 aliphatic rings. The van der Waals surface area contributed by atoms with E-state index < -0.39 is 28.3 Å². The first-order chi connectivity index (χ1) is 9.52. The molecule has 20 heavy (non-hydrogen) atoms. The van der Waals surface area contributed by atoms with Crippen molar-refractivity contribution in [3.8, 4) is 6.07 Å². The molecule has 1 heterocycles. The first-order valence-electron chi connectivity index (χ1n) is 5.46. The van der Waals surface area contributed by atoms with Crippen LogP contribution >= 0.6 is 0 Å². The molecular formula is C13H7FN2O4. The second-order valence-corrected chi connectivity index (χ2v) is 3.87. The maximum Gasteiger partial charge on any atom is 0.433 e. The van der Waals surface area contributed by atoms with Crippen molar-refractivity contribution in [3.05, 3.63) is 63.7 Å². The van der Waals surface area contributed by atoms with Crippen LogP contribution in [0.1, 0.15) is 22.0 Å². The number of nitriles is 1. The number of carbonyl (C=O) groups is 1. The van der Waals surface area contributed by atoms with Crippen LogP contribution in [0.25, 0.3) is 0 Å². The summed E-state index contributed by atoms with van der Waals surface area (Å²) in [5.41, 5.74) is 0.290. The van der Waals surface area contributed by atoms with Crippen LogP contribution in [0.15, 0.2) is 40.8 Å². The monoisotopic (exact) mass is 274 g/mol. The van der Waals surface area contributed by atoms with Gasteiger partial charge in [0.1, 0.15) is 16.7 Å². The molecule has 7 heteroatoms. The summed E-state index contributed by atoms with van der Waals surface area (Å²) in [6, 6.07) is 8.79. The molecule has 100 valence electrons. The van der Waals surface area contributed by atoms with E-state index in [2.05, 4.69) is 0 Å². The number of benzene rings is 1. The number of nitro groups is 1. The van der Waals surface area contributed by atoms with Crippen LogP contribution < -0.4 is 0 Å². The molecule has 1 unspecified atom stereocenters. The Hall–Kier alpha value is -3.01. The standard InChI is InChI=1S/C13H7FN2O4/c14-9-3-1-8(2-4-9)10(7-15)13(17)11-5-6-12(20-11)16(18)19/h1-6,10H. The molecule has 2 rings (SSSR count). The van der Waals surface area contributed by atoms with Crippen molar-refractivity contribution in [3.63, 3.8) is 0 Å². The second-order valence-electron chi connectivity index (χ2n) is 3.87. The Labute approximate surface area is 112 Å². The topological polar surface area (TPSA) is 97.1 Å². The van der Waals surface area contributed by atoms with Gasteiger partial charge in [-0.2, -0.15) is 5.26 Å². The molecule has 1 aromatic heterocycles. The smallest absolute Gasteiger partial charge is 0.397 e. The van der Waals surface area contributed by atoms with Crippen molar-refractivity contribution >= 4 is 11.7 Å². The summed E-state index contributed by atoms with van der Waals surface area (Å²) in [6.07, 6.45) is 0. The zero-order chi connectivity index (χ0) is 14.7. The molecule has 1 aromatic carbocycles. The van der Waals surface area contributed by atoms with Crippen LogP contribution in [0, 0.1) is 27.3 Å². The minimum absolute atomic E-state index is 0.285. The molecule has 0 spiro atoms. The fourth-order valence-corrected chi connectivity index (χ4v) is 1.64. The highest BCUT2D eigenvalue weighted by Crippen LogP contribution is 2.24. The Balaban J connectivity index is 2.31. The van der Waals surface area contributed by atoms with Gasteiger partial charge >= 0.3 is 5.88 Å². The van der Waals surface area contributed by atoms with Gasteiger partial charge in [-0.15, -0.1) is 0 Å². The van der Waals surface area contributed by atoms with Gasteiger partial charge in [0.2, 0.25) is 5.78 Å². The first kappa shape index (κ1) is 13.4. The number of hydrogen-bond acceptors (Lipinski definition) is 5. The van der Waals surface area contributed by atoms with Gasteiger partial charge in [0, 0.05) is 0 Å². The predicted octanol–water partition coefficient (Wildman–Crippen LogP) is 2.82. The number of halogens is 1. The van der Waals surface area contributed by atoms with E-state index in [0.717, 1.165) is 24.3 Å². The largest absolute Gasteiger partial charge is 0.433 e. The summed E-state index contributed by atoms with van der Waals surface area (Å²) >= 11 is 0. The van der Waals surface area contributed by atoms with Crippen LogP contribution in [0.5, 0.6) is 0 Å². The van der Waals surface area contributed by atoms with E-state index in [1.165, 1.54) is 12.1 Å². The summed E-state index contributed by atoms with van der Waals surface area (Å²) in [4.78, 5) is 21.8. The fourth-order valence-electron chi connectivity index (χ4n) is 1.64. The van der Waals surface area contributed by atoms with Gasteiger partial charge in [0.15, 0.2) is 5.76 Å². The van der Waals surface area contributed by atoms with Crippen molar-refractivity contribution in [2.24, 2.45) is 0 Å². The molecule has 0 aliphatic heterocycles. The molecule has 2 aromatic rings. The Morgan fingerprint density at radius 2 is 1.95 bits per heavy atom. The van der Waals surface area contributed by atoms with Gasteiger partial charge in [0.05, 0.1) is 12.1 Å². The summed E-state index contributed by atoms with van der Waals surface area (Å²) < 4.78 is 17.6. The molecule has 6 nitrogen and oxygen atoms in total. The molecule has 0 fully saturated rings. The first-order valence-corrected chi connectivity index (χ1v) is 5.46. The molecule has 0 amide bonds. The Morgan fingerprint density at radius 1 is 1.30 bits per heavy atom. The third kappa shape index (κ3) is 2.54. The molecule has 1 atom stereocenters. The lowest BCUT2D eigenvalue weighted by Gasteiger charge is -2.06. The Kier molecular flexibility index (Phi) is 3.57. The van der Waals surface area contributed by atoms with Crippen LogP contribution in [0.2, 0.25) is 0 Å². The highest BCUT2D eigenvalue weighted by atomic mass is 19.1. The van der Waals surface area contributed by atoms with E-state index in [1.54, 1.807) is 6.07 Å². The Morgan fingerprint density at radius 3 is 2.45 bits per heavy atom. The van der Waals surface area contributed by atoms with Crippen LogP contribution in [0.3, 0.4) is 0 Å². The quantitative estimate of drug-likeness (QED) is 0.485. The molecule has 0 saturated carbocycles. The lowest BCUT2D eigenvalue weighted by molar-refractivity contribution is -0.402. The van der Waals surface area contributed by atoms with Crippen LogP contribution in [0.4, 0.5) is 10.3 Å². The van der Waals surface area contributed by atoms with E-state index in [4.69, 9.17) is 9.68 Å². The summed E-state index contributed by atoms with van der Waals surface area (Å²) in [5, 5.41) is 19.5. The number of hydrogen-bond donors (Lipinski definition) is 0. The van der Waals surface area contributed by atoms with Gasteiger partial charge in [-0.1, -0.05) is 12.1 Å². The predicted molar refractivity (Wildman–Crippen MR) is 64.4 cm³/mol. The van der Waals surface area contributed by atoms with Gasteiger partial charge in [-0.05, 0) is 23.8 Å². The molecule has 0 N–H and O–H groups in total. The minimum atomic E-state index is -1.21. The molecule has 0 bridgehead atoms. The SMILES string of the molecule is N#CC(C(=O)c1ccc([N+](=O)[O-])o1)c1ccc(F)cc1. The number of furan rings is 1. The third-order valence-electron chi connectivity index (χ3n) is 2.61. The van der Waals surface area contributed by atoms with Crippen molar-refractivity contribution in [1.29, 1.82) is 5.26 Å². The maximum atomic E-state index is 12.8. The van der Waals surface area contributed by atoms with E-state index in [0.29, 0.717) is 0 Å². The zero-order valence-electron chi connectivity index (χ0n) is 9.95.